The first-order valence-corrected chi connectivity index (χ1v) is 8.57. The van der Waals surface area contributed by atoms with Crippen LogP contribution in [-0.4, -0.2) is 4.20 Å². The van der Waals surface area contributed by atoms with Crippen LogP contribution in [0.25, 0.3) is 10.8 Å². The minimum absolute atomic E-state index is 0.0463. The highest BCUT2D eigenvalue weighted by molar-refractivity contribution is 8.24. The molecule has 0 nitrogen and oxygen atoms in total. The van der Waals surface area contributed by atoms with Crippen molar-refractivity contribution in [2.45, 2.75) is 18.6 Å². The molecule has 0 radical (unpaired) electrons. The topological polar surface area (TPSA) is 0 Å². The van der Waals surface area contributed by atoms with Gasteiger partial charge in [0.2, 0.25) is 0 Å². The average Bonchev–Trinajstić information content (AvgIpc) is 2.54. The number of hydrogen-bond acceptors (Lipinski definition) is 2. The molecule has 0 unspecified atom stereocenters. The van der Waals surface area contributed by atoms with Gasteiger partial charge in [0.05, 0.1) is 4.20 Å². The Morgan fingerprint density at radius 1 is 0.818 bits per heavy atom. The van der Waals surface area contributed by atoms with Crippen molar-refractivity contribution in [3.05, 3.63) is 83.9 Å². The molecule has 0 aromatic heterocycles. The summed E-state index contributed by atoms with van der Waals surface area (Å²) in [6.07, 6.45) is 0. The number of benzene rings is 3. The fourth-order valence-electron chi connectivity index (χ4n) is 2.59. The lowest BCUT2D eigenvalue weighted by Gasteiger charge is -2.25. The van der Waals surface area contributed by atoms with Crippen LogP contribution in [-0.2, 0) is 4.75 Å². The Hall–Kier alpha value is -1.64. The predicted molar refractivity (Wildman–Crippen MR) is 103 cm³/mol. The Morgan fingerprint density at radius 3 is 2.23 bits per heavy atom. The number of thioether (sulfide) groups is 1. The van der Waals surface area contributed by atoms with Gasteiger partial charge in [-0.3, -0.25) is 0 Å². The van der Waals surface area contributed by atoms with Crippen LogP contribution in [0.5, 0.6) is 0 Å². The highest BCUT2D eigenvalue weighted by Crippen LogP contribution is 2.39. The fourth-order valence-corrected chi connectivity index (χ4v) is 4.40. The summed E-state index contributed by atoms with van der Waals surface area (Å²) < 4.78 is 0.903. The molecule has 3 aromatic carbocycles. The van der Waals surface area contributed by atoms with Gasteiger partial charge in [-0.1, -0.05) is 85.0 Å². The molecule has 0 aliphatic carbocycles. The second kappa shape index (κ2) is 6.23. The zero-order valence-corrected chi connectivity index (χ0v) is 14.4. The van der Waals surface area contributed by atoms with Crippen LogP contribution < -0.4 is 0 Å². The van der Waals surface area contributed by atoms with Gasteiger partial charge in [-0.05, 0) is 30.2 Å². The van der Waals surface area contributed by atoms with Crippen molar-refractivity contribution >= 4 is 38.9 Å². The highest BCUT2D eigenvalue weighted by atomic mass is 32.2. The van der Waals surface area contributed by atoms with E-state index in [0.29, 0.717) is 0 Å². The van der Waals surface area contributed by atoms with Crippen molar-refractivity contribution in [1.82, 2.24) is 0 Å². The molecule has 0 atom stereocenters. The van der Waals surface area contributed by atoms with Gasteiger partial charge in [-0.15, -0.1) is 11.8 Å². The number of fused-ring (bicyclic) bond motifs is 1. The van der Waals surface area contributed by atoms with Gasteiger partial charge in [0.15, 0.2) is 0 Å². The first-order valence-electron chi connectivity index (χ1n) is 7.34. The Labute approximate surface area is 141 Å². The van der Waals surface area contributed by atoms with Crippen LogP contribution in [0.3, 0.4) is 0 Å². The predicted octanol–water partition coefficient (Wildman–Crippen LogP) is 6.18. The van der Waals surface area contributed by atoms with E-state index in [9.17, 15) is 0 Å². The van der Waals surface area contributed by atoms with Crippen molar-refractivity contribution in [2.24, 2.45) is 0 Å². The van der Waals surface area contributed by atoms with Crippen molar-refractivity contribution in [3.63, 3.8) is 0 Å². The van der Waals surface area contributed by atoms with E-state index in [1.165, 1.54) is 16.3 Å². The average molecular weight is 322 g/mol. The summed E-state index contributed by atoms with van der Waals surface area (Å²) in [4.78, 5) is 0. The maximum atomic E-state index is 5.76. The molecule has 0 fully saturated rings. The zero-order chi connectivity index (χ0) is 15.6. The third kappa shape index (κ3) is 3.08. The van der Waals surface area contributed by atoms with Gasteiger partial charge < -0.3 is 0 Å². The van der Waals surface area contributed by atoms with Gasteiger partial charge in [0.25, 0.3) is 0 Å². The lowest BCUT2D eigenvalue weighted by molar-refractivity contribution is 0.788. The normalized spacial score (nSPS) is 11.5. The molecular weight excluding hydrogens is 304 g/mol. The molecule has 0 N–H and O–H groups in total. The van der Waals surface area contributed by atoms with Gasteiger partial charge in [-0.2, -0.15) is 0 Å². The molecule has 0 bridgehead atoms. The largest absolute Gasteiger partial charge is 0.103 e. The second-order valence-corrected chi connectivity index (χ2v) is 8.09. The molecule has 0 heterocycles. The first kappa shape index (κ1) is 15.3. The monoisotopic (exact) mass is 322 g/mol. The van der Waals surface area contributed by atoms with Crippen LogP contribution in [0.15, 0.2) is 72.8 Å². The van der Waals surface area contributed by atoms with Gasteiger partial charge >= 0.3 is 0 Å². The van der Waals surface area contributed by atoms with Crippen LogP contribution in [0.2, 0.25) is 0 Å². The van der Waals surface area contributed by atoms with E-state index in [2.05, 4.69) is 80.6 Å². The Balaban J connectivity index is 1.94. The summed E-state index contributed by atoms with van der Waals surface area (Å²) in [6.45, 7) is 4.45. The molecule has 2 heteroatoms. The van der Waals surface area contributed by atoms with Crippen LogP contribution in [0, 0.1) is 0 Å². The van der Waals surface area contributed by atoms with Crippen LogP contribution >= 0.6 is 24.0 Å². The SMILES string of the molecule is CC(C)(SC(=S)c1cccc2ccccc12)c1ccccc1. The Kier molecular flexibility index (Phi) is 4.32. The zero-order valence-electron chi connectivity index (χ0n) is 12.7. The molecule has 0 aliphatic rings. The molecule has 3 rings (SSSR count). The summed E-state index contributed by atoms with van der Waals surface area (Å²) in [6, 6.07) is 25.3. The molecule has 3 aromatic rings. The molecule has 0 saturated heterocycles. The number of hydrogen-bond donors (Lipinski definition) is 0. The molecular formula is C20H18S2. The van der Waals surface area contributed by atoms with Crippen molar-refractivity contribution in [2.75, 3.05) is 0 Å². The summed E-state index contributed by atoms with van der Waals surface area (Å²) in [5.74, 6) is 0. The fraction of sp³-hybridized carbons (Fsp3) is 0.150. The quantitative estimate of drug-likeness (QED) is 0.528. The van der Waals surface area contributed by atoms with E-state index in [4.69, 9.17) is 12.2 Å². The van der Waals surface area contributed by atoms with Gasteiger partial charge in [0.1, 0.15) is 0 Å². The van der Waals surface area contributed by atoms with Gasteiger partial charge in [-0.25, -0.2) is 0 Å². The standard InChI is InChI=1S/C20H18S2/c1-20(2,16-11-4-3-5-12-16)22-19(21)18-14-8-10-15-9-6-7-13-17(15)18/h3-14H,1-2H3. The summed E-state index contributed by atoms with van der Waals surface area (Å²) in [5.41, 5.74) is 2.45. The van der Waals surface area contributed by atoms with E-state index in [-0.39, 0.29) is 4.75 Å². The van der Waals surface area contributed by atoms with E-state index < -0.39 is 0 Å². The summed E-state index contributed by atoms with van der Waals surface area (Å²) in [5, 5.41) is 2.46. The third-order valence-corrected chi connectivity index (χ3v) is 5.45. The number of rotatable bonds is 3. The maximum absolute atomic E-state index is 5.76. The minimum Gasteiger partial charge on any atom is -0.103 e. The minimum atomic E-state index is -0.0463. The van der Waals surface area contributed by atoms with Crippen LogP contribution in [0.4, 0.5) is 0 Å². The number of thiocarbonyl (C=S) groups is 1. The summed E-state index contributed by atoms with van der Waals surface area (Å²) >= 11 is 7.51. The molecule has 0 spiro atoms. The van der Waals surface area contributed by atoms with E-state index >= 15 is 0 Å². The van der Waals surface area contributed by atoms with Crippen molar-refractivity contribution < 1.29 is 0 Å². The lowest BCUT2D eigenvalue weighted by Crippen LogP contribution is -2.15. The third-order valence-electron chi connectivity index (χ3n) is 3.83. The highest BCUT2D eigenvalue weighted by Gasteiger charge is 2.24. The molecule has 110 valence electrons. The second-order valence-electron chi connectivity index (χ2n) is 5.79. The summed E-state index contributed by atoms with van der Waals surface area (Å²) in [7, 11) is 0. The van der Waals surface area contributed by atoms with Crippen molar-refractivity contribution in [3.8, 4) is 0 Å². The smallest absolute Gasteiger partial charge is 0.0793 e. The van der Waals surface area contributed by atoms with Gasteiger partial charge in [0, 0.05) is 10.3 Å². The van der Waals surface area contributed by atoms with E-state index in [0.717, 1.165) is 9.76 Å². The molecule has 0 amide bonds. The van der Waals surface area contributed by atoms with E-state index in [1.807, 2.05) is 6.07 Å². The Morgan fingerprint density at radius 2 is 1.45 bits per heavy atom. The van der Waals surface area contributed by atoms with E-state index in [1.54, 1.807) is 11.8 Å². The van der Waals surface area contributed by atoms with Crippen molar-refractivity contribution in [1.29, 1.82) is 0 Å². The van der Waals surface area contributed by atoms with Crippen LogP contribution in [0.1, 0.15) is 25.0 Å². The first-order chi connectivity index (χ1) is 10.6. The Bertz CT molecular complexity index is 799. The molecule has 0 saturated carbocycles. The lowest BCUT2D eigenvalue weighted by atomic mass is 10.0. The molecule has 22 heavy (non-hydrogen) atoms. The molecule has 0 aliphatic heterocycles. The maximum Gasteiger partial charge on any atom is 0.0793 e.